The van der Waals surface area contributed by atoms with Crippen LogP contribution in [0, 0.1) is 6.92 Å². The van der Waals surface area contributed by atoms with E-state index in [2.05, 4.69) is 10.6 Å². The molecule has 1 aromatic rings. The van der Waals surface area contributed by atoms with Crippen LogP contribution in [-0.2, 0) is 4.79 Å². The maximum Gasteiger partial charge on any atom is 0.319 e. The highest BCUT2D eigenvalue weighted by atomic mass is 16.4. The summed E-state index contributed by atoms with van der Waals surface area (Å²) in [6.45, 7) is 2.54. The van der Waals surface area contributed by atoms with Crippen molar-refractivity contribution in [1.29, 1.82) is 0 Å². The van der Waals surface area contributed by atoms with Crippen molar-refractivity contribution in [3.05, 3.63) is 29.8 Å². The maximum absolute atomic E-state index is 11.6. The number of aliphatic carboxylic acids is 1. The van der Waals surface area contributed by atoms with Crippen LogP contribution in [0.1, 0.15) is 37.7 Å². The number of aryl methyl sites for hydroxylation is 1. The van der Waals surface area contributed by atoms with Crippen molar-refractivity contribution < 1.29 is 14.7 Å². The number of carboxylic acids is 1. The number of carbonyl (C=O) groups excluding carboxylic acids is 1. The third kappa shape index (κ3) is 6.78. The number of hydrogen-bond acceptors (Lipinski definition) is 2. The number of benzene rings is 1. The summed E-state index contributed by atoms with van der Waals surface area (Å²) in [5, 5.41) is 14.1. The number of rotatable bonds is 8. The van der Waals surface area contributed by atoms with E-state index in [-0.39, 0.29) is 12.5 Å². The fraction of sp³-hybridized carbons (Fsp3) is 0.467. The van der Waals surface area contributed by atoms with Gasteiger partial charge in [0.05, 0.1) is 0 Å². The Morgan fingerprint density at radius 1 is 1.10 bits per heavy atom. The molecule has 1 aromatic carbocycles. The highest BCUT2D eigenvalue weighted by Gasteiger charge is 2.02. The van der Waals surface area contributed by atoms with E-state index >= 15 is 0 Å². The molecule has 1 rings (SSSR count). The van der Waals surface area contributed by atoms with Crippen LogP contribution in [0.3, 0.4) is 0 Å². The molecule has 0 aliphatic heterocycles. The number of anilines is 1. The Bertz CT molecular complexity index is 446. The second-order valence-corrected chi connectivity index (χ2v) is 4.75. The van der Waals surface area contributed by atoms with Gasteiger partial charge in [-0.05, 0) is 31.4 Å². The number of carboxylic acid groups (broad SMARTS) is 1. The highest BCUT2D eigenvalue weighted by Crippen LogP contribution is 2.12. The van der Waals surface area contributed by atoms with E-state index in [1.807, 2.05) is 31.2 Å². The van der Waals surface area contributed by atoms with Gasteiger partial charge in [0.1, 0.15) is 0 Å². The topological polar surface area (TPSA) is 78.4 Å². The molecule has 0 fully saturated rings. The molecule has 0 spiro atoms. The summed E-state index contributed by atoms with van der Waals surface area (Å²) in [5.41, 5.74) is 1.84. The van der Waals surface area contributed by atoms with Gasteiger partial charge in [0, 0.05) is 18.7 Å². The maximum atomic E-state index is 11.6. The van der Waals surface area contributed by atoms with Crippen molar-refractivity contribution >= 4 is 17.7 Å². The Morgan fingerprint density at radius 3 is 2.50 bits per heavy atom. The minimum absolute atomic E-state index is 0.204. The van der Waals surface area contributed by atoms with E-state index in [1.165, 1.54) is 0 Å². The summed E-state index contributed by atoms with van der Waals surface area (Å²) < 4.78 is 0. The van der Waals surface area contributed by atoms with Crippen molar-refractivity contribution in [2.75, 3.05) is 11.9 Å². The summed E-state index contributed by atoms with van der Waals surface area (Å²) >= 11 is 0. The van der Waals surface area contributed by atoms with Gasteiger partial charge in [-0.2, -0.15) is 0 Å². The SMILES string of the molecule is Cc1ccccc1NC(=O)NCCCCCCC(=O)O. The van der Waals surface area contributed by atoms with Gasteiger partial charge in [0.2, 0.25) is 0 Å². The van der Waals surface area contributed by atoms with Crippen molar-refractivity contribution in [3.63, 3.8) is 0 Å². The van der Waals surface area contributed by atoms with Crippen LogP contribution in [0.5, 0.6) is 0 Å². The number of unbranched alkanes of at least 4 members (excludes halogenated alkanes) is 3. The molecule has 0 aromatic heterocycles. The third-order valence-corrected chi connectivity index (χ3v) is 3.00. The van der Waals surface area contributed by atoms with Crippen LogP contribution < -0.4 is 10.6 Å². The molecule has 5 heteroatoms. The standard InChI is InChI=1S/C15H22N2O3/c1-12-8-5-6-9-13(12)17-15(20)16-11-7-3-2-4-10-14(18)19/h5-6,8-9H,2-4,7,10-11H2,1H3,(H,18,19)(H2,16,17,20). The van der Waals surface area contributed by atoms with Gasteiger partial charge >= 0.3 is 12.0 Å². The van der Waals surface area contributed by atoms with Gasteiger partial charge < -0.3 is 15.7 Å². The lowest BCUT2D eigenvalue weighted by Crippen LogP contribution is -2.29. The molecule has 0 atom stereocenters. The van der Waals surface area contributed by atoms with Crippen molar-refractivity contribution in [1.82, 2.24) is 5.32 Å². The summed E-state index contributed by atoms with van der Waals surface area (Å²) in [7, 11) is 0. The number of para-hydroxylation sites is 1. The monoisotopic (exact) mass is 278 g/mol. The summed E-state index contributed by atoms with van der Waals surface area (Å²) in [4.78, 5) is 22.0. The van der Waals surface area contributed by atoms with Crippen LogP contribution in [0.15, 0.2) is 24.3 Å². The number of hydrogen-bond donors (Lipinski definition) is 3. The van der Waals surface area contributed by atoms with Gasteiger partial charge in [-0.15, -0.1) is 0 Å². The number of urea groups is 1. The van der Waals surface area contributed by atoms with Gasteiger partial charge in [-0.1, -0.05) is 31.0 Å². The zero-order chi connectivity index (χ0) is 14.8. The molecule has 0 saturated carbocycles. The first-order valence-electron chi connectivity index (χ1n) is 6.92. The van der Waals surface area contributed by atoms with Crippen LogP contribution in [0.2, 0.25) is 0 Å². The molecule has 2 amide bonds. The Hall–Kier alpha value is -2.04. The second-order valence-electron chi connectivity index (χ2n) is 4.75. The fourth-order valence-corrected chi connectivity index (χ4v) is 1.84. The van der Waals surface area contributed by atoms with Crippen molar-refractivity contribution in [3.8, 4) is 0 Å². The summed E-state index contributed by atoms with van der Waals surface area (Å²) in [6, 6.07) is 7.41. The van der Waals surface area contributed by atoms with Gasteiger partial charge in [0.25, 0.3) is 0 Å². The molecule has 0 radical (unpaired) electrons. The van der Waals surface area contributed by atoms with Crippen LogP contribution in [0.25, 0.3) is 0 Å². The molecule has 0 saturated heterocycles. The Kier molecular flexibility index (Phi) is 7.17. The molecular weight excluding hydrogens is 256 g/mol. The minimum atomic E-state index is -0.749. The van der Waals surface area contributed by atoms with Crippen LogP contribution in [-0.4, -0.2) is 23.7 Å². The lowest BCUT2D eigenvalue weighted by Gasteiger charge is -2.09. The molecule has 3 N–H and O–H groups in total. The summed E-state index contributed by atoms with van der Waals surface area (Å²) in [6.07, 6.45) is 3.60. The molecule has 0 bridgehead atoms. The van der Waals surface area contributed by atoms with E-state index in [9.17, 15) is 9.59 Å². The first-order chi connectivity index (χ1) is 9.59. The molecule has 0 unspecified atom stereocenters. The number of carbonyl (C=O) groups is 2. The molecule has 0 aliphatic rings. The van der Waals surface area contributed by atoms with Gasteiger partial charge in [-0.3, -0.25) is 4.79 Å². The van der Waals surface area contributed by atoms with E-state index in [1.54, 1.807) is 0 Å². The van der Waals surface area contributed by atoms with Gasteiger partial charge in [-0.25, -0.2) is 4.79 Å². The molecular formula is C15H22N2O3. The predicted molar refractivity (Wildman–Crippen MR) is 78.9 cm³/mol. The van der Waals surface area contributed by atoms with E-state index in [0.717, 1.165) is 30.5 Å². The lowest BCUT2D eigenvalue weighted by molar-refractivity contribution is -0.137. The first-order valence-corrected chi connectivity index (χ1v) is 6.92. The molecule has 110 valence electrons. The number of amides is 2. The zero-order valence-electron chi connectivity index (χ0n) is 11.8. The second kappa shape index (κ2) is 8.96. The average molecular weight is 278 g/mol. The third-order valence-electron chi connectivity index (χ3n) is 3.00. The molecule has 5 nitrogen and oxygen atoms in total. The zero-order valence-corrected chi connectivity index (χ0v) is 11.8. The number of nitrogens with one attached hydrogen (secondary N) is 2. The van der Waals surface area contributed by atoms with E-state index < -0.39 is 5.97 Å². The van der Waals surface area contributed by atoms with Crippen LogP contribution >= 0.6 is 0 Å². The van der Waals surface area contributed by atoms with Crippen LogP contribution in [0.4, 0.5) is 10.5 Å². The average Bonchev–Trinajstić information content (AvgIpc) is 2.40. The minimum Gasteiger partial charge on any atom is -0.481 e. The molecule has 0 aliphatic carbocycles. The van der Waals surface area contributed by atoms with E-state index in [0.29, 0.717) is 13.0 Å². The quantitative estimate of drug-likeness (QED) is 0.639. The Balaban J connectivity index is 2.09. The smallest absolute Gasteiger partial charge is 0.319 e. The Morgan fingerprint density at radius 2 is 1.80 bits per heavy atom. The predicted octanol–water partition coefficient (Wildman–Crippen LogP) is 3.15. The lowest BCUT2D eigenvalue weighted by atomic mass is 10.1. The largest absolute Gasteiger partial charge is 0.481 e. The van der Waals surface area contributed by atoms with Crippen molar-refractivity contribution in [2.45, 2.75) is 39.0 Å². The highest BCUT2D eigenvalue weighted by molar-refractivity contribution is 5.89. The molecule has 0 heterocycles. The van der Waals surface area contributed by atoms with Crippen molar-refractivity contribution in [2.24, 2.45) is 0 Å². The normalized spacial score (nSPS) is 10.1. The first kappa shape index (κ1) is 16.0. The fourth-order valence-electron chi connectivity index (χ4n) is 1.84. The van der Waals surface area contributed by atoms with Gasteiger partial charge in [0.15, 0.2) is 0 Å². The molecule has 20 heavy (non-hydrogen) atoms. The Labute approximate surface area is 119 Å². The summed E-state index contributed by atoms with van der Waals surface area (Å²) in [5.74, 6) is -0.749. The van der Waals surface area contributed by atoms with E-state index in [4.69, 9.17) is 5.11 Å².